The summed E-state index contributed by atoms with van der Waals surface area (Å²) < 4.78 is 0. The molecule has 0 aromatic carbocycles. The first-order valence-electron chi connectivity index (χ1n) is 8.72. The van der Waals surface area contributed by atoms with Crippen LogP contribution in [0.15, 0.2) is 0 Å². The summed E-state index contributed by atoms with van der Waals surface area (Å²) in [4.78, 5) is 24.3. The van der Waals surface area contributed by atoms with Gasteiger partial charge in [-0.05, 0) is 25.0 Å². The number of unbranched alkanes of at least 4 members (excludes halogenated alkanes) is 4. The number of carbonyl (C=O) groups excluding carboxylic acids is 1. The molecule has 1 unspecified atom stereocenters. The molecule has 1 saturated heterocycles. The minimum absolute atomic E-state index is 0.0951. The fourth-order valence-corrected chi connectivity index (χ4v) is 3.45. The van der Waals surface area contributed by atoms with Gasteiger partial charge in [0.15, 0.2) is 0 Å². The lowest BCUT2D eigenvalue weighted by molar-refractivity contribution is -0.136. The minimum atomic E-state index is -0.749. The fraction of sp³-hybridized carbons (Fsp3) is 0.778. The van der Waals surface area contributed by atoms with Crippen molar-refractivity contribution in [2.75, 3.05) is 18.1 Å². The summed E-state index contributed by atoms with van der Waals surface area (Å²) in [6.07, 6.45) is 8.42. The molecule has 1 aliphatic heterocycles. The van der Waals surface area contributed by atoms with Crippen LogP contribution in [0.2, 0.25) is 0 Å². The van der Waals surface area contributed by atoms with E-state index in [4.69, 9.17) is 5.11 Å². The molecule has 1 amide bonds. The molecule has 130 valence electrons. The number of carboxylic acid groups (broad SMARTS) is 1. The zero-order valence-electron chi connectivity index (χ0n) is 14.2. The molecule has 0 spiro atoms. The van der Waals surface area contributed by atoms with Crippen molar-refractivity contribution in [2.45, 2.75) is 70.8 Å². The van der Waals surface area contributed by atoms with E-state index in [-0.39, 0.29) is 18.4 Å². The van der Waals surface area contributed by atoms with E-state index >= 15 is 0 Å². The molecule has 23 heavy (non-hydrogen) atoms. The predicted octanol–water partition coefficient (Wildman–Crippen LogP) is 3.55. The first kappa shape index (κ1) is 19.9. The van der Waals surface area contributed by atoms with E-state index in [2.05, 4.69) is 18.8 Å². The van der Waals surface area contributed by atoms with Crippen LogP contribution in [-0.4, -0.2) is 46.0 Å². The SMILES string of the molecule is CCCCCCC#CC1CCC(=O)N1CCCSCCC(=O)O. The van der Waals surface area contributed by atoms with Crippen molar-refractivity contribution in [3.8, 4) is 11.8 Å². The molecule has 0 radical (unpaired) electrons. The third-order valence-corrected chi connectivity index (χ3v) is 4.97. The molecule has 0 saturated carbocycles. The topological polar surface area (TPSA) is 57.6 Å². The third kappa shape index (κ3) is 8.90. The second-order valence-electron chi connectivity index (χ2n) is 5.88. The van der Waals surface area contributed by atoms with Crippen molar-refractivity contribution >= 4 is 23.6 Å². The van der Waals surface area contributed by atoms with Crippen LogP contribution in [0.4, 0.5) is 0 Å². The number of hydrogen-bond acceptors (Lipinski definition) is 3. The molecule has 0 bridgehead atoms. The molecule has 1 atom stereocenters. The highest BCUT2D eigenvalue weighted by Crippen LogP contribution is 2.19. The summed E-state index contributed by atoms with van der Waals surface area (Å²) in [5.41, 5.74) is 0. The van der Waals surface area contributed by atoms with Gasteiger partial charge in [0.1, 0.15) is 0 Å². The van der Waals surface area contributed by atoms with E-state index < -0.39 is 5.97 Å². The van der Waals surface area contributed by atoms with Crippen molar-refractivity contribution in [3.63, 3.8) is 0 Å². The average Bonchev–Trinajstić information content (AvgIpc) is 2.86. The molecule has 1 aliphatic rings. The van der Waals surface area contributed by atoms with E-state index in [1.54, 1.807) is 11.8 Å². The summed E-state index contributed by atoms with van der Waals surface area (Å²) in [6, 6.07) is 0.0951. The van der Waals surface area contributed by atoms with Crippen LogP contribution in [0.25, 0.3) is 0 Å². The van der Waals surface area contributed by atoms with Crippen LogP contribution in [0.1, 0.15) is 64.7 Å². The number of hydrogen-bond donors (Lipinski definition) is 1. The zero-order chi connectivity index (χ0) is 16.9. The van der Waals surface area contributed by atoms with Gasteiger partial charge >= 0.3 is 5.97 Å². The van der Waals surface area contributed by atoms with Gasteiger partial charge in [0.25, 0.3) is 0 Å². The van der Waals surface area contributed by atoms with Crippen molar-refractivity contribution in [2.24, 2.45) is 0 Å². The summed E-state index contributed by atoms with van der Waals surface area (Å²) in [6.45, 7) is 2.95. The molecule has 0 aromatic rings. The minimum Gasteiger partial charge on any atom is -0.481 e. The van der Waals surface area contributed by atoms with E-state index in [0.29, 0.717) is 12.2 Å². The number of carbonyl (C=O) groups is 2. The van der Waals surface area contributed by atoms with Gasteiger partial charge in [-0.25, -0.2) is 0 Å². The second-order valence-corrected chi connectivity index (χ2v) is 7.11. The number of amides is 1. The van der Waals surface area contributed by atoms with Gasteiger partial charge in [-0.2, -0.15) is 11.8 Å². The van der Waals surface area contributed by atoms with Crippen LogP contribution in [0, 0.1) is 11.8 Å². The Balaban J connectivity index is 2.22. The molecular formula is C18H29NO3S. The number of aliphatic carboxylic acids is 1. The molecule has 1 N–H and O–H groups in total. The smallest absolute Gasteiger partial charge is 0.304 e. The van der Waals surface area contributed by atoms with Crippen molar-refractivity contribution in [1.82, 2.24) is 4.90 Å². The molecule has 0 aliphatic carbocycles. The summed E-state index contributed by atoms with van der Waals surface area (Å²) in [7, 11) is 0. The Morgan fingerprint density at radius 1 is 1.30 bits per heavy atom. The first-order valence-corrected chi connectivity index (χ1v) is 9.88. The summed E-state index contributed by atoms with van der Waals surface area (Å²) in [5, 5.41) is 8.58. The predicted molar refractivity (Wildman–Crippen MR) is 95.5 cm³/mol. The molecule has 4 nitrogen and oxygen atoms in total. The van der Waals surface area contributed by atoms with Crippen LogP contribution in [0.3, 0.4) is 0 Å². The summed E-state index contributed by atoms with van der Waals surface area (Å²) >= 11 is 1.64. The number of carboxylic acids is 1. The Morgan fingerprint density at radius 2 is 2.13 bits per heavy atom. The Bertz CT molecular complexity index is 428. The van der Waals surface area contributed by atoms with Crippen LogP contribution in [0.5, 0.6) is 0 Å². The number of nitrogens with zero attached hydrogens (tertiary/aromatic N) is 1. The van der Waals surface area contributed by atoms with Gasteiger partial charge < -0.3 is 10.0 Å². The van der Waals surface area contributed by atoms with E-state index in [9.17, 15) is 9.59 Å². The summed E-state index contributed by atoms with van der Waals surface area (Å²) in [5.74, 6) is 7.53. The quantitative estimate of drug-likeness (QED) is 0.462. The van der Waals surface area contributed by atoms with Crippen LogP contribution < -0.4 is 0 Å². The Kier molecular flexibility index (Phi) is 10.6. The Hall–Kier alpha value is -1.15. The van der Waals surface area contributed by atoms with Gasteiger partial charge in [0.05, 0.1) is 12.5 Å². The highest BCUT2D eigenvalue weighted by atomic mass is 32.2. The van der Waals surface area contributed by atoms with Gasteiger partial charge in [-0.3, -0.25) is 9.59 Å². The average molecular weight is 340 g/mol. The highest BCUT2D eigenvalue weighted by molar-refractivity contribution is 7.99. The molecule has 1 rings (SSSR count). The van der Waals surface area contributed by atoms with Crippen molar-refractivity contribution < 1.29 is 14.7 Å². The van der Waals surface area contributed by atoms with Crippen LogP contribution in [-0.2, 0) is 9.59 Å². The second kappa shape index (κ2) is 12.3. The first-order chi connectivity index (χ1) is 11.1. The van der Waals surface area contributed by atoms with Crippen molar-refractivity contribution in [1.29, 1.82) is 0 Å². The highest BCUT2D eigenvalue weighted by Gasteiger charge is 2.28. The lowest BCUT2D eigenvalue weighted by Crippen LogP contribution is -2.33. The normalized spacial score (nSPS) is 17.2. The standard InChI is InChI=1S/C18H29NO3S/c1-2-3-4-5-6-7-9-16-10-11-17(20)19(16)13-8-14-23-15-12-18(21)22/h16H,2-6,8,10-15H2,1H3,(H,21,22). The maximum Gasteiger partial charge on any atom is 0.304 e. The zero-order valence-corrected chi connectivity index (χ0v) is 15.0. The maximum atomic E-state index is 11.9. The van der Waals surface area contributed by atoms with Gasteiger partial charge in [0.2, 0.25) is 5.91 Å². The lowest BCUT2D eigenvalue weighted by Gasteiger charge is -2.20. The van der Waals surface area contributed by atoms with E-state index in [1.807, 2.05) is 4.90 Å². The molecule has 1 heterocycles. The monoisotopic (exact) mass is 339 g/mol. The molecule has 5 heteroatoms. The van der Waals surface area contributed by atoms with E-state index in [0.717, 1.165) is 38.0 Å². The van der Waals surface area contributed by atoms with Gasteiger partial charge in [-0.15, -0.1) is 5.92 Å². The fourth-order valence-electron chi connectivity index (χ4n) is 2.59. The number of likely N-dealkylation sites (tertiary alicyclic amines) is 1. The number of rotatable bonds is 11. The molecule has 0 aromatic heterocycles. The maximum absolute atomic E-state index is 11.9. The van der Waals surface area contributed by atoms with Crippen LogP contribution >= 0.6 is 11.8 Å². The molecule has 1 fully saturated rings. The lowest BCUT2D eigenvalue weighted by atomic mass is 10.1. The third-order valence-electron chi connectivity index (χ3n) is 3.90. The number of thioether (sulfide) groups is 1. The Labute approximate surface area is 144 Å². The van der Waals surface area contributed by atoms with Crippen molar-refractivity contribution in [3.05, 3.63) is 0 Å². The van der Waals surface area contributed by atoms with Gasteiger partial charge in [-0.1, -0.05) is 32.1 Å². The van der Waals surface area contributed by atoms with Gasteiger partial charge in [0, 0.05) is 25.1 Å². The largest absolute Gasteiger partial charge is 0.481 e. The molecular weight excluding hydrogens is 310 g/mol. The van der Waals surface area contributed by atoms with E-state index in [1.165, 1.54) is 19.3 Å². The Morgan fingerprint density at radius 3 is 2.87 bits per heavy atom.